The van der Waals surface area contributed by atoms with E-state index in [9.17, 15) is 0 Å². The van der Waals surface area contributed by atoms with Crippen LogP contribution in [0.3, 0.4) is 0 Å². The molecule has 0 aromatic heterocycles. The van der Waals surface area contributed by atoms with Gasteiger partial charge in [-0.2, -0.15) is 0 Å². The number of ether oxygens (including phenoxy) is 2. The van der Waals surface area contributed by atoms with Crippen LogP contribution in [-0.2, 0) is 9.47 Å². The average molecular weight is 316 g/mol. The highest BCUT2D eigenvalue weighted by atomic mass is 79.9. The van der Waals surface area contributed by atoms with Crippen molar-refractivity contribution in [3.05, 3.63) is 45.4 Å². The lowest BCUT2D eigenvalue weighted by molar-refractivity contribution is -0.106. The van der Waals surface area contributed by atoms with E-state index in [1.54, 1.807) is 14.2 Å². The second-order valence-electron chi connectivity index (χ2n) is 3.61. The summed E-state index contributed by atoms with van der Waals surface area (Å²) in [4.78, 5) is 0. The number of benzene rings is 2. The Bertz CT molecular complexity index is 538. The van der Waals surface area contributed by atoms with Crippen LogP contribution in [0.4, 0.5) is 0 Å². The molecule has 0 aliphatic rings. The maximum Gasteiger partial charge on any atom is 0.184 e. The molecule has 0 heterocycles. The molecule has 0 unspecified atom stereocenters. The first-order chi connectivity index (χ1) is 8.19. The summed E-state index contributed by atoms with van der Waals surface area (Å²) in [6.07, 6.45) is -0.382. The molecule has 2 nitrogen and oxygen atoms in total. The predicted octanol–water partition coefficient (Wildman–Crippen LogP) is 4.55. The van der Waals surface area contributed by atoms with Crippen LogP contribution in [0.1, 0.15) is 11.9 Å². The Morgan fingerprint density at radius 3 is 2.41 bits per heavy atom. The van der Waals surface area contributed by atoms with E-state index >= 15 is 0 Å². The van der Waals surface area contributed by atoms with Crippen LogP contribution in [0.25, 0.3) is 10.8 Å². The van der Waals surface area contributed by atoms with Crippen molar-refractivity contribution in [3.8, 4) is 0 Å². The van der Waals surface area contributed by atoms with Crippen LogP contribution in [0, 0.1) is 0 Å². The lowest BCUT2D eigenvalue weighted by atomic mass is 10.1. The van der Waals surface area contributed by atoms with Gasteiger partial charge < -0.3 is 9.47 Å². The number of halogens is 2. The molecular weight excluding hydrogens is 303 g/mol. The van der Waals surface area contributed by atoms with Crippen molar-refractivity contribution in [2.24, 2.45) is 0 Å². The molecule has 0 saturated heterocycles. The molecule has 90 valence electrons. The molecule has 17 heavy (non-hydrogen) atoms. The van der Waals surface area contributed by atoms with Crippen LogP contribution >= 0.6 is 27.5 Å². The zero-order valence-electron chi connectivity index (χ0n) is 9.54. The minimum absolute atomic E-state index is 0.382. The predicted molar refractivity (Wildman–Crippen MR) is 73.4 cm³/mol. The van der Waals surface area contributed by atoms with Crippen molar-refractivity contribution in [1.82, 2.24) is 0 Å². The second kappa shape index (κ2) is 5.36. The molecule has 0 aliphatic carbocycles. The zero-order valence-corrected chi connectivity index (χ0v) is 11.9. The van der Waals surface area contributed by atoms with E-state index in [1.165, 1.54) is 0 Å². The third kappa shape index (κ3) is 2.33. The summed E-state index contributed by atoms with van der Waals surface area (Å²) in [6, 6.07) is 9.74. The van der Waals surface area contributed by atoms with Crippen LogP contribution < -0.4 is 0 Å². The van der Waals surface area contributed by atoms with Crippen molar-refractivity contribution in [2.75, 3.05) is 14.2 Å². The molecule has 2 rings (SSSR count). The van der Waals surface area contributed by atoms with Gasteiger partial charge in [-0.25, -0.2) is 0 Å². The fraction of sp³-hybridized carbons (Fsp3) is 0.231. The Morgan fingerprint density at radius 1 is 1.06 bits per heavy atom. The molecular formula is C13H12BrClO2. The van der Waals surface area contributed by atoms with Gasteiger partial charge in [-0.3, -0.25) is 0 Å². The van der Waals surface area contributed by atoms with Crippen LogP contribution in [0.15, 0.2) is 34.8 Å². The number of fused-ring (bicyclic) bond motifs is 1. The SMILES string of the molecule is COC(OC)c1ccc2c(Cl)cccc2c1Br. The quantitative estimate of drug-likeness (QED) is 0.774. The lowest BCUT2D eigenvalue weighted by Gasteiger charge is -2.16. The van der Waals surface area contributed by atoms with Crippen molar-refractivity contribution in [3.63, 3.8) is 0 Å². The molecule has 0 spiro atoms. The molecule has 0 fully saturated rings. The van der Waals surface area contributed by atoms with Crippen molar-refractivity contribution in [1.29, 1.82) is 0 Å². The summed E-state index contributed by atoms with van der Waals surface area (Å²) in [5.74, 6) is 0. The number of rotatable bonds is 3. The van der Waals surface area contributed by atoms with Gasteiger partial charge in [0.1, 0.15) is 0 Å². The van der Waals surface area contributed by atoms with Crippen LogP contribution in [0.2, 0.25) is 5.02 Å². The molecule has 4 heteroatoms. The summed E-state index contributed by atoms with van der Waals surface area (Å²) in [6.45, 7) is 0. The van der Waals surface area contributed by atoms with Gasteiger partial charge in [0.05, 0.1) is 0 Å². The van der Waals surface area contributed by atoms with Crippen molar-refractivity contribution < 1.29 is 9.47 Å². The van der Waals surface area contributed by atoms with Crippen molar-refractivity contribution in [2.45, 2.75) is 6.29 Å². The summed E-state index contributed by atoms with van der Waals surface area (Å²) >= 11 is 9.72. The van der Waals surface area contributed by atoms with Gasteiger partial charge in [-0.1, -0.05) is 35.9 Å². The molecule has 0 amide bonds. The summed E-state index contributed by atoms with van der Waals surface area (Å²) in [7, 11) is 3.23. The van der Waals surface area contributed by atoms with Crippen LogP contribution in [-0.4, -0.2) is 14.2 Å². The molecule has 0 radical (unpaired) electrons. The fourth-order valence-corrected chi connectivity index (χ4v) is 2.73. The minimum atomic E-state index is -0.382. The Hall–Kier alpha value is -0.610. The molecule has 0 saturated carbocycles. The van der Waals surface area contributed by atoms with Crippen molar-refractivity contribution >= 4 is 38.3 Å². The maximum absolute atomic E-state index is 6.15. The third-order valence-corrected chi connectivity index (χ3v) is 3.87. The monoisotopic (exact) mass is 314 g/mol. The number of methoxy groups -OCH3 is 2. The van der Waals surface area contributed by atoms with E-state index in [-0.39, 0.29) is 6.29 Å². The zero-order chi connectivity index (χ0) is 12.4. The summed E-state index contributed by atoms with van der Waals surface area (Å²) < 4.78 is 11.5. The Balaban J connectivity index is 2.65. The Morgan fingerprint density at radius 2 is 1.76 bits per heavy atom. The third-order valence-electron chi connectivity index (χ3n) is 2.65. The van der Waals surface area contributed by atoms with Gasteiger partial charge in [0, 0.05) is 34.7 Å². The highest BCUT2D eigenvalue weighted by Gasteiger charge is 2.15. The average Bonchev–Trinajstić information content (AvgIpc) is 2.34. The first kappa shape index (κ1) is 12.8. The van der Waals surface area contributed by atoms with E-state index in [2.05, 4.69) is 15.9 Å². The standard InChI is InChI=1S/C13H12BrClO2/c1-16-13(17-2)10-7-6-8-9(12(10)14)4-3-5-11(8)15/h3-7,13H,1-2H3. The fourth-order valence-electron chi connectivity index (χ4n) is 1.83. The minimum Gasteiger partial charge on any atom is -0.352 e. The number of hydrogen-bond acceptors (Lipinski definition) is 2. The van der Waals surface area contributed by atoms with E-state index in [0.717, 1.165) is 25.8 Å². The summed E-state index contributed by atoms with van der Waals surface area (Å²) in [5, 5.41) is 2.80. The molecule has 0 N–H and O–H groups in total. The van der Waals surface area contributed by atoms with Gasteiger partial charge >= 0.3 is 0 Å². The molecule has 2 aromatic carbocycles. The smallest absolute Gasteiger partial charge is 0.184 e. The molecule has 0 bridgehead atoms. The first-order valence-corrected chi connectivity index (χ1v) is 6.28. The Kier molecular flexibility index (Phi) is 4.05. The van der Waals surface area contributed by atoms with Gasteiger partial charge in [-0.15, -0.1) is 0 Å². The largest absolute Gasteiger partial charge is 0.352 e. The van der Waals surface area contributed by atoms with E-state index in [1.807, 2.05) is 30.3 Å². The van der Waals surface area contributed by atoms with E-state index < -0.39 is 0 Å². The summed E-state index contributed by atoms with van der Waals surface area (Å²) in [5.41, 5.74) is 0.949. The van der Waals surface area contributed by atoms with Gasteiger partial charge in [-0.05, 0) is 27.4 Å². The van der Waals surface area contributed by atoms with E-state index in [4.69, 9.17) is 21.1 Å². The van der Waals surface area contributed by atoms with Gasteiger partial charge in [0.25, 0.3) is 0 Å². The first-order valence-electron chi connectivity index (χ1n) is 5.11. The highest BCUT2D eigenvalue weighted by molar-refractivity contribution is 9.10. The number of hydrogen-bond donors (Lipinski definition) is 0. The maximum atomic E-state index is 6.15. The second-order valence-corrected chi connectivity index (χ2v) is 4.81. The topological polar surface area (TPSA) is 18.5 Å². The molecule has 0 aliphatic heterocycles. The van der Waals surface area contributed by atoms with Gasteiger partial charge in [0.15, 0.2) is 6.29 Å². The Labute approximate surface area is 114 Å². The normalized spacial score (nSPS) is 11.4. The molecule has 0 atom stereocenters. The lowest BCUT2D eigenvalue weighted by Crippen LogP contribution is -2.04. The highest BCUT2D eigenvalue weighted by Crippen LogP contribution is 2.35. The van der Waals surface area contributed by atoms with Gasteiger partial charge in [0.2, 0.25) is 0 Å². The van der Waals surface area contributed by atoms with E-state index in [0.29, 0.717) is 0 Å². The van der Waals surface area contributed by atoms with Crippen LogP contribution in [0.5, 0.6) is 0 Å². The molecule has 2 aromatic rings.